The van der Waals surface area contributed by atoms with Crippen molar-refractivity contribution in [1.29, 1.82) is 5.41 Å². The highest BCUT2D eigenvalue weighted by atomic mass is 32.2. The topological polar surface area (TPSA) is 111 Å². The number of hydrogen-bond acceptors (Lipinski definition) is 6. The predicted molar refractivity (Wildman–Crippen MR) is 61.9 cm³/mol. The molecule has 0 aliphatic heterocycles. The molecule has 0 aromatic carbocycles. The van der Waals surface area contributed by atoms with Crippen molar-refractivity contribution in [3.63, 3.8) is 0 Å². The van der Waals surface area contributed by atoms with Crippen molar-refractivity contribution in [3.05, 3.63) is 11.3 Å². The zero-order valence-electron chi connectivity index (χ0n) is 9.67. The maximum absolute atomic E-state index is 7.57. The van der Waals surface area contributed by atoms with E-state index in [1.165, 1.54) is 11.8 Å². The molecule has 90 valence electrons. The van der Waals surface area contributed by atoms with Gasteiger partial charge in [0.2, 0.25) is 5.16 Å². The van der Waals surface area contributed by atoms with Crippen LogP contribution in [0.4, 0.5) is 0 Å². The Morgan fingerprint density at radius 1 is 1.35 bits per heavy atom. The Bertz CT molecular complexity index is 568. The van der Waals surface area contributed by atoms with Gasteiger partial charge in [-0.05, 0) is 29.1 Å². The van der Waals surface area contributed by atoms with Gasteiger partial charge >= 0.3 is 0 Å². The Morgan fingerprint density at radius 3 is 2.59 bits per heavy atom. The summed E-state index contributed by atoms with van der Waals surface area (Å²) in [6, 6.07) is 0. The predicted octanol–water partition coefficient (Wildman–Crippen LogP) is -0.313. The van der Waals surface area contributed by atoms with Crippen LogP contribution < -0.4 is 5.73 Å². The average molecular weight is 252 g/mol. The van der Waals surface area contributed by atoms with E-state index in [1.54, 1.807) is 23.5 Å². The highest BCUT2D eigenvalue weighted by molar-refractivity contribution is 7.99. The van der Waals surface area contributed by atoms with Crippen molar-refractivity contribution in [2.45, 2.75) is 17.1 Å². The van der Waals surface area contributed by atoms with Crippen LogP contribution in [0.25, 0.3) is 0 Å². The molecule has 3 N–H and O–H groups in total. The van der Waals surface area contributed by atoms with E-state index in [-0.39, 0.29) is 5.84 Å². The summed E-state index contributed by atoms with van der Waals surface area (Å²) in [6.07, 6.45) is 0. The van der Waals surface area contributed by atoms with Gasteiger partial charge in [-0.15, -0.1) is 5.10 Å². The monoisotopic (exact) mass is 252 g/mol. The number of rotatable bonds is 3. The van der Waals surface area contributed by atoms with E-state index in [9.17, 15) is 0 Å². The molecule has 2 heterocycles. The lowest BCUT2D eigenvalue weighted by Gasteiger charge is -2.03. The number of nitrogens with one attached hydrogen (secondary N) is 1. The van der Waals surface area contributed by atoms with Crippen LogP contribution in [0.2, 0.25) is 0 Å². The Hall–Kier alpha value is -1.90. The van der Waals surface area contributed by atoms with Gasteiger partial charge in [0, 0.05) is 14.1 Å². The lowest BCUT2D eigenvalue weighted by molar-refractivity contribution is 0.658. The maximum atomic E-state index is 7.57. The number of nitrogens with two attached hydrogens (primary N) is 1. The summed E-state index contributed by atoms with van der Waals surface area (Å²) in [5.74, 6) is -0.00627. The first-order chi connectivity index (χ1) is 8.00. The molecule has 9 heteroatoms. The molecule has 0 saturated heterocycles. The Morgan fingerprint density at radius 2 is 2.06 bits per heavy atom. The normalized spacial score (nSPS) is 10.8. The molecule has 2 aromatic heterocycles. The van der Waals surface area contributed by atoms with E-state index in [4.69, 9.17) is 11.1 Å². The quantitative estimate of drug-likeness (QED) is 0.572. The number of aryl methyl sites for hydroxylation is 3. The molecule has 2 rings (SSSR count). The molecular weight excluding hydrogens is 240 g/mol. The van der Waals surface area contributed by atoms with Crippen molar-refractivity contribution in [3.8, 4) is 0 Å². The van der Waals surface area contributed by atoms with E-state index in [2.05, 4.69) is 20.6 Å². The molecule has 0 saturated carbocycles. The zero-order chi connectivity index (χ0) is 12.6. The summed E-state index contributed by atoms with van der Waals surface area (Å²) in [4.78, 5) is 0. The second-order valence-electron chi connectivity index (χ2n) is 3.49. The van der Waals surface area contributed by atoms with Gasteiger partial charge in [-0.25, -0.2) is 4.68 Å². The molecule has 0 spiro atoms. The van der Waals surface area contributed by atoms with Gasteiger partial charge in [0.05, 0.1) is 11.3 Å². The van der Waals surface area contributed by atoms with Crippen LogP contribution in [-0.4, -0.2) is 35.8 Å². The standard InChI is InChI=1S/C8H12N8S/c1-4-5(6(9)10)7(15(2)12-4)17-8-11-13-14-16(8)3/h1-3H3,(H3,9,10). The number of hydrogen-bond donors (Lipinski definition) is 2. The largest absolute Gasteiger partial charge is 0.384 e. The third-order valence-corrected chi connectivity index (χ3v) is 3.40. The van der Waals surface area contributed by atoms with Crippen molar-refractivity contribution in [2.24, 2.45) is 19.8 Å². The van der Waals surface area contributed by atoms with E-state index in [0.717, 1.165) is 10.7 Å². The zero-order valence-corrected chi connectivity index (χ0v) is 10.5. The van der Waals surface area contributed by atoms with Gasteiger partial charge in [0.25, 0.3) is 0 Å². The highest BCUT2D eigenvalue weighted by Crippen LogP contribution is 2.29. The molecule has 0 fully saturated rings. The molecular formula is C8H12N8S. The molecule has 0 aliphatic carbocycles. The molecule has 2 aromatic rings. The number of nitrogen functional groups attached to an aromatic ring is 1. The Labute approximate surface area is 102 Å². The molecule has 0 amide bonds. The third kappa shape index (κ3) is 2.00. The number of amidine groups is 1. The molecule has 0 aliphatic rings. The second kappa shape index (κ2) is 4.17. The molecule has 0 unspecified atom stereocenters. The van der Waals surface area contributed by atoms with Crippen molar-refractivity contribution in [2.75, 3.05) is 0 Å². The molecule has 0 radical (unpaired) electrons. The Kier molecular flexibility index (Phi) is 2.84. The molecule has 17 heavy (non-hydrogen) atoms. The molecule has 0 bridgehead atoms. The summed E-state index contributed by atoms with van der Waals surface area (Å²) in [5, 5.41) is 24.4. The van der Waals surface area contributed by atoms with Crippen LogP contribution >= 0.6 is 11.8 Å². The second-order valence-corrected chi connectivity index (χ2v) is 4.45. The highest BCUT2D eigenvalue weighted by Gasteiger charge is 2.18. The van der Waals surface area contributed by atoms with Crippen LogP contribution in [0.3, 0.4) is 0 Å². The molecule has 8 nitrogen and oxygen atoms in total. The summed E-state index contributed by atoms with van der Waals surface area (Å²) >= 11 is 1.33. The molecule has 0 atom stereocenters. The van der Waals surface area contributed by atoms with Gasteiger partial charge in [-0.3, -0.25) is 10.1 Å². The van der Waals surface area contributed by atoms with Crippen LogP contribution in [-0.2, 0) is 14.1 Å². The van der Waals surface area contributed by atoms with Crippen LogP contribution in [0, 0.1) is 12.3 Å². The minimum atomic E-state index is -0.00627. The number of aromatic nitrogens is 6. The summed E-state index contributed by atoms with van der Waals surface area (Å²) in [5.41, 5.74) is 6.90. The van der Waals surface area contributed by atoms with Gasteiger partial charge in [0.15, 0.2) is 0 Å². The summed E-state index contributed by atoms with van der Waals surface area (Å²) in [6.45, 7) is 1.82. The lowest BCUT2D eigenvalue weighted by atomic mass is 10.2. The van der Waals surface area contributed by atoms with E-state index in [0.29, 0.717) is 10.7 Å². The Balaban J connectivity index is 2.45. The maximum Gasteiger partial charge on any atom is 0.215 e. The van der Waals surface area contributed by atoms with Crippen molar-refractivity contribution in [1.82, 2.24) is 30.0 Å². The summed E-state index contributed by atoms with van der Waals surface area (Å²) < 4.78 is 3.22. The fourth-order valence-corrected chi connectivity index (χ4v) is 2.41. The van der Waals surface area contributed by atoms with Crippen LogP contribution in [0.1, 0.15) is 11.3 Å². The van der Waals surface area contributed by atoms with Crippen LogP contribution in [0.5, 0.6) is 0 Å². The van der Waals surface area contributed by atoms with Crippen molar-refractivity contribution >= 4 is 17.6 Å². The van der Waals surface area contributed by atoms with E-state index in [1.807, 2.05) is 6.92 Å². The third-order valence-electron chi connectivity index (χ3n) is 2.21. The van der Waals surface area contributed by atoms with E-state index < -0.39 is 0 Å². The minimum Gasteiger partial charge on any atom is -0.384 e. The SMILES string of the molecule is Cc1nn(C)c(Sc2nnnn2C)c1C(=N)N. The van der Waals surface area contributed by atoms with Gasteiger partial charge in [-0.1, -0.05) is 0 Å². The first-order valence-electron chi connectivity index (χ1n) is 4.79. The number of tetrazole rings is 1. The van der Waals surface area contributed by atoms with E-state index >= 15 is 0 Å². The smallest absolute Gasteiger partial charge is 0.215 e. The van der Waals surface area contributed by atoms with Crippen molar-refractivity contribution < 1.29 is 0 Å². The lowest BCUT2D eigenvalue weighted by Crippen LogP contribution is -2.13. The van der Waals surface area contributed by atoms with Gasteiger partial charge < -0.3 is 5.73 Å². The first kappa shape index (κ1) is 11.6. The fraction of sp³-hybridized carbons (Fsp3) is 0.375. The average Bonchev–Trinajstić information content (AvgIpc) is 2.73. The first-order valence-corrected chi connectivity index (χ1v) is 5.60. The number of nitrogens with zero attached hydrogens (tertiary/aromatic N) is 6. The fourth-order valence-electron chi connectivity index (χ4n) is 1.46. The summed E-state index contributed by atoms with van der Waals surface area (Å²) in [7, 11) is 3.55. The minimum absolute atomic E-state index is 0.00627. The van der Waals surface area contributed by atoms with Gasteiger partial charge in [-0.2, -0.15) is 5.10 Å². The van der Waals surface area contributed by atoms with Gasteiger partial charge in [0.1, 0.15) is 10.9 Å². The van der Waals surface area contributed by atoms with Crippen LogP contribution in [0.15, 0.2) is 10.2 Å².